The molecule has 0 aliphatic carbocycles. The molecule has 82 valence electrons. The molecule has 0 aliphatic heterocycles. The number of rotatable bonds is 2. The Hall–Kier alpha value is -1.22. The second-order valence-electron chi connectivity index (χ2n) is 3.42. The first-order valence-electron chi connectivity index (χ1n) is 5.04. The summed E-state index contributed by atoms with van der Waals surface area (Å²) in [5.74, 6) is 0. The smallest absolute Gasteiger partial charge is 0.203 e. The first-order chi connectivity index (χ1) is 6.76. The van der Waals surface area contributed by atoms with Crippen LogP contribution >= 0.6 is 0 Å². The average molecular weight is 226 g/mol. The molecule has 1 heterocycles. The molecule has 0 saturated heterocycles. The molecule has 0 saturated carbocycles. The Morgan fingerprint density at radius 2 is 2.07 bits per heavy atom. The molecule has 1 aromatic heterocycles. The van der Waals surface area contributed by atoms with E-state index in [1.807, 2.05) is 12.1 Å². The Morgan fingerprint density at radius 3 is 2.67 bits per heavy atom. The largest absolute Gasteiger partial charge is 1.00 e. The first-order valence-corrected chi connectivity index (χ1v) is 5.04. The van der Waals surface area contributed by atoms with Crippen molar-refractivity contribution in [3.8, 4) is 0 Å². The van der Waals surface area contributed by atoms with Crippen LogP contribution in [0, 0.1) is 0 Å². The molecule has 0 bridgehead atoms. The molecule has 0 atom stereocenters. The maximum absolute atomic E-state index is 5.78. The standard InChI is InChI=1S/C11H15N3.ClH/c1-3-13-8-9-5-6-10(12)7-11(9)14(13)4-2;/h5-8,12H,3-4H2,1-2H3;1H. The number of hydrogen-bond donors (Lipinski definition) is 1. The van der Waals surface area contributed by atoms with Crippen molar-refractivity contribution in [2.75, 3.05) is 5.73 Å². The summed E-state index contributed by atoms with van der Waals surface area (Å²) in [5, 5.41) is 1.25. The average Bonchev–Trinajstić information content (AvgIpc) is 2.54. The maximum atomic E-state index is 5.78. The van der Waals surface area contributed by atoms with Crippen molar-refractivity contribution >= 4 is 16.6 Å². The van der Waals surface area contributed by atoms with E-state index in [4.69, 9.17) is 5.73 Å². The molecule has 0 amide bonds. The minimum absolute atomic E-state index is 0. The monoisotopic (exact) mass is 225 g/mol. The number of benzene rings is 1. The van der Waals surface area contributed by atoms with Crippen molar-refractivity contribution < 1.29 is 17.1 Å². The van der Waals surface area contributed by atoms with E-state index in [1.165, 1.54) is 10.9 Å². The zero-order chi connectivity index (χ0) is 10.1. The summed E-state index contributed by atoms with van der Waals surface area (Å²) in [6, 6.07) is 6.05. The number of aromatic nitrogens is 2. The SMILES string of the molecule is CCn1c2cc(N)ccc2c[n+]1CC.[Cl-]. The fourth-order valence-corrected chi connectivity index (χ4v) is 1.88. The van der Waals surface area contributed by atoms with Gasteiger partial charge in [-0.15, -0.1) is 4.68 Å². The van der Waals surface area contributed by atoms with Crippen molar-refractivity contribution in [1.82, 2.24) is 4.68 Å². The van der Waals surface area contributed by atoms with E-state index in [-0.39, 0.29) is 12.4 Å². The number of anilines is 1. The van der Waals surface area contributed by atoms with Crippen LogP contribution in [0.3, 0.4) is 0 Å². The number of hydrogen-bond acceptors (Lipinski definition) is 1. The van der Waals surface area contributed by atoms with E-state index in [0.29, 0.717) is 0 Å². The lowest BCUT2D eigenvalue weighted by atomic mass is 10.2. The molecule has 2 N–H and O–H groups in total. The topological polar surface area (TPSA) is 34.8 Å². The van der Waals surface area contributed by atoms with Gasteiger partial charge in [0, 0.05) is 5.69 Å². The van der Waals surface area contributed by atoms with Crippen molar-refractivity contribution in [3.05, 3.63) is 24.4 Å². The number of aryl methyl sites for hydroxylation is 2. The van der Waals surface area contributed by atoms with Crippen LogP contribution in [0.1, 0.15) is 13.8 Å². The number of nitrogens with two attached hydrogens (primary N) is 1. The van der Waals surface area contributed by atoms with Crippen LogP contribution in [0.4, 0.5) is 5.69 Å². The number of halogens is 1. The molecule has 1 aromatic carbocycles. The minimum Gasteiger partial charge on any atom is -1.00 e. The Labute approximate surface area is 95.9 Å². The zero-order valence-electron chi connectivity index (χ0n) is 9.07. The zero-order valence-corrected chi connectivity index (χ0v) is 9.83. The van der Waals surface area contributed by atoms with Gasteiger partial charge in [0.25, 0.3) is 0 Å². The molecular formula is C11H16ClN3. The van der Waals surface area contributed by atoms with Crippen molar-refractivity contribution in [1.29, 1.82) is 0 Å². The highest BCUT2D eigenvalue weighted by molar-refractivity contribution is 5.80. The number of nitrogen functional groups attached to an aromatic ring is 1. The summed E-state index contributed by atoms with van der Waals surface area (Å²) in [6.45, 7) is 6.26. The normalized spacial score (nSPS) is 10.3. The van der Waals surface area contributed by atoms with Gasteiger partial charge in [-0.3, -0.25) is 0 Å². The highest BCUT2D eigenvalue weighted by atomic mass is 35.5. The van der Waals surface area contributed by atoms with Gasteiger partial charge in [-0.1, -0.05) is 0 Å². The summed E-state index contributed by atoms with van der Waals surface area (Å²) in [6.07, 6.45) is 2.16. The molecule has 0 fully saturated rings. The first kappa shape index (κ1) is 11.9. The van der Waals surface area contributed by atoms with Gasteiger partial charge in [0.2, 0.25) is 6.20 Å². The fourth-order valence-electron chi connectivity index (χ4n) is 1.88. The van der Waals surface area contributed by atoms with Crippen molar-refractivity contribution in [2.45, 2.75) is 26.9 Å². The Bertz CT molecular complexity index is 462. The quantitative estimate of drug-likeness (QED) is 0.493. The number of nitrogens with zero attached hydrogens (tertiary/aromatic N) is 2. The van der Waals surface area contributed by atoms with Crippen LogP contribution in [0.5, 0.6) is 0 Å². The molecule has 0 aliphatic rings. The van der Waals surface area contributed by atoms with E-state index in [9.17, 15) is 0 Å². The third kappa shape index (κ3) is 1.92. The van der Waals surface area contributed by atoms with Gasteiger partial charge < -0.3 is 18.1 Å². The summed E-state index contributed by atoms with van der Waals surface area (Å²) >= 11 is 0. The molecule has 0 radical (unpaired) electrons. The molecular weight excluding hydrogens is 210 g/mol. The van der Waals surface area contributed by atoms with Gasteiger partial charge in [0.15, 0.2) is 6.54 Å². The lowest BCUT2D eigenvalue weighted by Crippen LogP contribution is -3.00. The predicted octanol–water partition coefficient (Wildman–Crippen LogP) is -1.45. The molecule has 3 nitrogen and oxygen atoms in total. The van der Waals surface area contributed by atoms with Gasteiger partial charge in [-0.05, 0) is 32.0 Å². The molecule has 2 rings (SSSR count). The molecule has 2 aromatic rings. The molecule has 0 spiro atoms. The third-order valence-corrected chi connectivity index (χ3v) is 2.55. The van der Waals surface area contributed by atoms with E-state index in [0.717, 1.165) is 18.8 Å². The van der Waals surface area contributed by atoms with Crippen LogP contribution in [0.2, 0.25) is 0 Å². The van der Waals surface area contributed by atoms with Gasteiger partial charge in [-0.25, -0.2) is 0 Å². The summed E-state index contributed by atoms with van der Waals surface area (Å²) < 4.78 is 4.45. The fraction of sp³-hybridized carbons (Fsp3) is 0.364. The summed E-state index contributed by atoms with van der Waals surface area (Å²) in [7, 11) is 0. The molecule has 15 heavy (non-hydrogen) atoms. The minimum atomic E-state index is 0. The molecule has 0 unspecified atom stereocenters. The van der Waals surface area contributed by atoms with Crippen molar-refractivity contribution in [2.24, 2.45) is 0 Å². The van der Waals surface area contributed by atoms with Gasteiger partial charge >= 0.3 is 0 Å². The van der Waals surface area contributed by atoms with Gasteiger partial charge in [-0.2, -0.15) is 4.68 Å². The van der Waals surface area contributed by atoms with E-state index >= 15 is 0 Å². The lowest BCUT2D eigenvalue weighted by molar-refractivity contribution is -0.770. The van der Waals surface area contributed by atoms with Gasteiger partial charge in [0.05, 0.1) is 11.9 Å². The lowest BCUT2D eigenvalue weighted by Gasteiger charge is -1.98. The second-order valence-corrected chi connectivity index (χ2v) is 3.42. The van der Waals surface area contributed by atoms with E-state index < -0.39 is 0 Å². The van der Waals surface area contributed by atoms with Crippen LogP contribution in [0.25, 0.3) is 10.9 Å². The Kier molecular flexibility index (Phi) is 3.58. The van der Waals surface area contributed by atoms with Gasteiger partial charge in [0.1, 0.15) is 5.52 Å². The Balaban J connectivity index is 0.00000112. The summed E-state index contributed by atoms with van der Waals surface area (Å²) in [4.78, 5) is 0. The van der Waals surface area contributed by atoms with Crippen LogP contribution in [-0.2, 0) is 13.1 Å². The second kappa shape index (κ2) is 4.53. The predicted molar refractivity (Wildman–Crippen MR) is 57.9 cm³/mol. The number of fused-ring (bicyclic) bond motifs is 1. The van der Waals surface area contributed by atoms with Crippen molar-refractivity contribution in [3.63, 3.8) is 0 Å². The third-order valence-electron chi connectivity index (χ3n) is 2.55. The van der Waals surface area contributed by atoms with Crippen LogP contribution < -0.4 is 22.8 Å². The van der Waals surface area contributed by atoms with E-state index in [2.05, 4.69) is 35.5 Å². The maximum Gasteiger partial charge on any atom is 0.203 e. The molecule has 4 heteroatoms. The summed E-state index contributed by atoms with van der Waals surface area (Å²) in [5.41, 5.74) is 7.82. The Morgan fingerprint density at radius 1 is 1.33 bits per heavy atom. The highest BCUT2D eigenvalue weighted by Crippen LogP contribution is 2.15. The van der Waals surface area contributed by atoms with Crippen LogP contribution in [0.15, 0.2) is 24.4 Å². The highest BCUT2D eigenvalue weighted by Gasteiger charge is 2.12. The van der Waals surface area contributed by atoms with E-state index in [1.54, 1.807) is 0 Å². The van der Waals surface area contributed by atoms with Crippen LogP contribution in [-0.4, -0.2) is 4.68 Å².